The Bertz CT molecular complexity index is 805. The third kappa shape index (κ3) is 4.48. The highest BCUT2D eigenvalue weighted by Crippen LogP contribution is 2.27. The van der Waals surface area contributed by atoms with Gasteiger partial charge in [0.2, 0.25) is 0 Å². The molecule has 7 heteroatoms. The fourth-order valence-corrected chi connectivity index (χ4v) is 3.26. The summed E-state index contributed by atoms with van der Waals surface area (Å²) < 4.78 is 16.5. The Labute approximate surface area is 159 Å². The Morgan fingerprint density at radius 3 is 2.52 bits per heavy atom. The third-order valence-corrected chi connectivity index (χ3v) is 4.54. The maximum absolute atomic E-state index is 13.0. The van der Waals surface area contributed by atoms with Crippen molar-refractivity contribution in [1.29, 1.82) is 0 Å². The summed E-state index contributed by atoms with van der Waals surface area (Å²) in [5.41, 5.74) is 2.25. The second-order valence-corrected chi connectivity index (χ2v) is 6.63. The SMILES string of the molecule is COc1ccc(C(=O)N2CCCC(Oc3nc(C)cc(C)n3)C2)c(OC)c1. The molecule has 0 bridgehead atoms. The van der Waals surface area contributed by atoms with Crippen LogP contribution in [0.25, 0.3) is 0 Å². The highest BCUT2D eigenvalue weighted by molar-refractivity contribution is 5.97. The number of piperidine rings is 1. The molecule has 3 rings (SSSR count). The fourth-order valence-electron chi connectivity index (χ4n) is 3.26. The Hall–Kier alpha value is -2.83. The van der Waals surface area contributed by atoms with E-state index in [-0.39, 0.29) is 12.0 Å². The van der Waals surface area contributed by atoms with E-state index in [1.54, 1.807) is 37.3 Å². The van der Waals surface area contributed by atoms with E-state index in [9.17, 15) is 4.79 Å². The average Bonchev–Trinajstić information content (AvgIpc) is 2.66. The Kier molecular flexibility index (Phi) is 5.78. The quantitative estimate of drug-likeness (QED) is 0.805. The van der Waals surface area contributed by atoms with Crippen molar-refractivity contribution in [2.75, 3.05) is 27.3 Å². The maximum Gasteiger partial charge on any atom is 0.317 e. The maximum atomic E-state index is 13.0. The monoisotopic (exact) mass is 371 g/mol. The minimum atomic E-state index is -0.131. The topological polar surface area (TPSA) is 73.8 Å². The average molecular weight is 371 g/mol. The van der Waals surface area contributed by atoms with Gasteiger partial charge in [-0.2, -0.15) is 0 Å². The molecular formula is C20H25N3O4. The van der Waals surface area contributed by atoms with Gasteiger partial charge >= 0.3 is 6.01 Å². The van der Waals surface area contributed by atoms with E-state index in [4.69, 9.17) is 14.2 Å². The first-order chi connectivity index (χ1) is 13.0. The normalized spacial score (nSPS) is 16.7. The van der Waals surface area contributed by atoms with Crippen molar-refractivity contribution in [2.24, 2.45) is 0 Å². The minimum absolute atomic E-state index is 0.0795. The lowest BCUT2D eigenvalue weighted by Crippen LogP contribution is -2.44. The highest BCUT2D eigenvalue weighted by atomic mass is 16.5. The number of hydrogen-bond donors (Lipinski definition) is 0. The number of aryl methyl sites for hydroxylation is 2. The van der Waals surface area contributed by atoms with Gasteiger partial charge in [0, 0.05) is 24.0 Å². The van der Waals surface area contributed by atoms with Crippen LogP contribution in [0.4, 0.5) is 0 Å². The molecule has 2 aromatic rings. The second kappa shape index (κ2) is 8.24. The molecule has 1 aromatic heterocycles. The molecule has 1 unspecified atom stereocenters. The summed E-state index contributed by atoms with van der Waals surface area (Å²) in [5.74, 6) is 1.07. The molecule has 144 valence electrons. The molecule has 1 amide bonds. The largest absolute Gasteiger partial charge is 0.497 e. The molecule has 1 saturated heterocycles. The van der Waals surface area contributed by atoms with Crippen LogP contribution in [0.5, 0.6) is 17.5 Å². The van der Waals surface area contributed by atoms with Crippen LogP contribution in [0.15, 0.2) is 24.3 Å². The number of aromatic nitrogens is 2. The van der Waals surface area contributed by atoms with Crippen molar-refractivity contribution in [3.63, 3.8) is 0 Å². The van der Waals surface area contributed by atoms with E-state index in [1.165, 1.54) is 0 Å². The molecule has 1 aliphatic heterocycles. The van der Waals surface area contributed by atoms with Crippen molar-refractivity contribution in [2.45, 2.75) is 32.8 Å². The highest BCUT2D eigenvalue weighted by Gasteiger charge is 2.28. The van der Waals surface area contributed by atoms with E-state index in [0.717, 1.165) is 24.2 Å². The lowest BCUT2D eigenvalue weighted by atomic mass is 10.1. The van der Waals surface area contributed by atoms with Gasteiger partial charge < -0.3 is 19.1 Å². The van der Waals surface area contributed by atoms with Gasteiger partial charge in [-0.05, 0) is 44.9 Å². The third-order valence-electron chi connectivity index (χ3n) is 4.54. The smallest absolute Gasteiger partial charge is 0.317 e. The van der Waals surface area contributed by atoms with Crippen LogP contribution in [0.3, 0.4) is 0 Å². The van der Waals surface area contributed by atoms with Gasteiger partial charge in [-0.25, -0.2) is 9.97 Å². The summed E-state index contributed by atoms with van der Waals surface area (Å²) in [6.07, 6.45) is 1.59. The second-order valence-electron chi connectivity index (χ2n) is 6.63. The zero-order valence-electron chi connectivity index (χ0n) is 16.2. The van der Waals surface area contributed by atoms with Crippen LogP contribution < -0.4 is 14.2 Å². The number of likely N-dealkylation sites (tertiary alicyclic amines) is 1. The lowest BCUT2D eigenvalue weighted by molar-refractivity contribution is 0.0512. The summed E-state index contributed by atoms with van der Waals surface area (Å²) in [5, 5.41) is 0. The van der Waals surface area contributed by atoms with E-state index in [2.05, 4.69) is 9.97 Å². The summed E-state index contributed by atoms with van der Waals surface area (Å²) in [7, 11) is 3.13. The number of methoxy groups -OCH3 is 2. The zero-order chi connectivity index (χ0) is 19.4. The molecule has 1 fully saturated rings. The van der Waals surface area contributed by atoms with Crippen LogP contribution in [-0.2, 0) is 0 Å². The number of ether oxygens (including phenoxy) is 3. The predicted octanol–water partition coefficient (Wildman–Crippen LogP) is 2.79. The van der Waals surface area contributed by atoms with Gasteiger partial charge in [-0.15, -0.1) is 0 Å². The van der Waals surface area contributed by atoms with Gasteiger partial charge in [-0.3, -0.25) is 4.79 Å². The predicted molar refractivity (Wildman–Crippen MR) is 101 cm³/mol. The van der Waals surface area contributed by atoms with E-state index >= 15 is 0 Å². The van der Waals surface area contributed by atoms with Gasteiger partial charge in [0.15, 0.2) is 0 Å². The minimum Gasteiger partial charge on any atom is -0.497 e. The van der Waals surface area contributed by atoms with Crippen LogP contribution in [0.1, 0.15) is 34.6 Å². The van der Waals surface area contributed by atoms with Crippen molar-refractivity contribution in [3.05, 3.63) is 41.2 Å². The standard InChI is InChI=1S/C20H25N3O4/c1-13-10-14(2)22-20(21-13)27-16-6-5-9-23(12-16)19(24)17-8-7-15(25-3)11-18(17)26-4/h7-8,10-11,16H,5-6,9,12H2,1-4H3. The first kappa shape index (κ1) is 18.9. The van der Waals surface area contributed by atoms with E-state index in [1.807, 2.05) is 19.9 Å². The molecule has 0 radical (unpaired) electrons. The van der Waals surface area contributed by atoms with Gasteiger partial charge in [0.1, 0.15) is 17.6 Å². The molecule has 0 saturated carbocycles. The van der Waals surface area contributed by atoms with Crippen molar-refractivity contribution < 1.29 is 19.0 Å². The van der Waals surface area contributed by atoms with Crippen LogP contribution in [0, 0.1) is 13.8 Å². The van der Waals surface area contributed by atoms with Crippen molar-refractivity contribution in [3.8, 4) is 17.5 Å². The first-order valence-corrected chi connectivity index (χ1v) is 9.00. The zero-order valence-corrected chi connectivity index (χ0v) is 16.2. The molecule has 2 heterocycles. The van der Waals surface area contributed by atoms with E-state index in [0.29, 0.717) is 36.2 Å². The van der Waals surface area contributed by atoms with Gasteiger partial charge in [0.05, 0.1) is 26.3 Å². The number of hydrogen-bond acceptors (Lipinski definition) is 6. The summed E-state index contributed by atoms with van der Waals surface area (Å²) in [4.78, 5) is 23.5. The van der Waals surface area contributed by atoms with Crippen LogP contribution in [-0.4, -0.2) is 54.2 Å². The molecule has 1 atom stereocenters. The molecule has 0 aliphatic carbocycles. The van der Waals surface area contributed by atoms with Crippen LogP contribution >= 0.6 is 0 Å². The number of carbonyl (C=O) groups is 1. The molecule has 1 aliphatic rings. The van der Waals surface area contributed by atoms with Gasteiger partial charge in [-0.1, -0.05) is 0 Å². The summed E-state index contributed by atoms with van der Waals surface area (Å²) in [6.45, 7) is 4.99. The number of rotatable bonds is 5. The molecular weight excluding hydrogens is 346 g/mol. The summed E-state index contributed by atoms with van der Waals surface area (Å²) in [6, 6.07) is 7.48. The van der Waals surface area contributed by atoms with Gasteiger partial charge in [0.25, 0.3) is 5.91 Å². The Morgan fingerprint density at radius 2 is 1.85 bits per heavy atom. The van der Waals surface area contributed by atoms with Crippen molar-refractivity contribution >= 4 is 5.91 Å². The molecule has 7 nitrogen and oxygen atoms in total. The first-order valence-electron chi connectivity index (χ1n) is 9.00. The number of amides is 1. The van der Waals surface area contributed by atoms with Crippen molar-refractivity contribution in [1.82, 2.24) is 14.9 Å². The lowest BCUT2D eigenvalue weighted by Gasteiger charge is -2.32. The Morgan fingerprint density at radius 1 is 1.11 bits per heavy atom. The number of nitrogens with zero attached hydrogens (tertiary/aromatic N) is 3. The fraction of sp³-hybridized carbons (Fsp3) is 0.450. The molecule has 27 heavy (non-hydrogen) atoms. The van der Waals surface area contributed by atoms with E-state index < -0.39 is 0 Å². The molecule has 0 spiro atoms. The molecule has 0 N–H and O–H groups in total. The Balaban J connectivity index is 1.73. The molecule has 1 aromatic carbocycles. The summed E-state index contributed by atoms with van der Waals surface area (Å²) >= 11 is 0. The number of carbonyl (C=O) groups excluding carboxylic acids is 1. The number of benzene rings is 1. The van der Waals surface area contributed by atoms with Crippen LogP contribution in [0.2, 0.25) is 0 Å².